The summed E-state index contributed by atoms with van der Waals surface area (Å²) >= 11 is 0. The van der Waals surface area contributed by atoms with Gasteiger partial charge in [-0.05, 0) is 42.3 Å². The lowest BCUT2D eigenvalue weighted by Crippen LogP contribution is -2.26. The smallest absolute Gasteiger partial charge is 0.265 e. The van der Waals surface area contributed by atoms with Gasteiger partial charge in [0.25, 0.3) is 5.91 Å². The Hall–Kier alpha value is -2.89. The van der Waals surface area contributed by atoms with Crippen LogP contribution in [0.4, 0.5) is 5.69 Å². The maximum Gasteiger partial charge on any atom is 0.265 e. The van der Waals surface area contributed by atoms with Crippen LogP contribution < -0.4 is 10.2 Å². The second kappa shape index (κ2) is 5.85. The molecule has 0 saturated heterocycles. The number of benzene rings is 2. The topological polar surface area (TPSA) is 69.0 Å². The van der Waals surface area contributed by atoms with Crippen molar-refractivity contribution in [3.63, 3.8) is 0 Å². The number of fused-ring (bicyclic) bond motifs is 1. The zero-order valence-electron chi connectivity index (χ0n) is 12.4. The number of hydrogen-bond acceptors (Lipinski definition) is 4. The Morgan fingerprint density at radius 1 is 1.14 bits per heavy atom. The Balaban J connectivity index is 1.68. The van der Waals surface area contributed by atoms with Crippen molar-refractivity contribution in [2.75, 3.05) is 11.9 Å². The van der Waals surface area contributed by atoms with Gasteiger partial charge in [0, 0.05) is 5.69 Å². The summed E-state index contributed by atoms with van der Waals surface area (Å²) in [5, 5.41) is 10.7. The Labute approximate surface area is 127 Å². The number of anilines is 1. The molecule has 0 aliphatic rings. The predicted octanol–water partition coefficient (Wildman–Crippen LogP) is 2.12. The van der Waals surface area contributed by atoms with Crippen molar-refractivity contribution in [3.05, 3.63) is 53.6 Å². The second-order valence-corrected chi connectivity index (χ2v) is 5.04. The predicted molar refractivity (Wildman–Crippen MR) is 83.5 cm³/mol. The van der Waals surface area contributed by atoms with Crippen LogP contribution in [0, 0.1) is 13.8 Å². The molecule has 6 heteroatoms. The van der Waals surface area contributed by atoms with Gasteiger partial charge in [-0.2, -0.15) is 0 Å². The molecule has 0 aliphatic heterocycles. The van der Waals surface area contributed by atoms with Gasteiger partial charge in [0.2, 0.25) is 0 Å². The lowest BCUT2D eigenvalue weighted by atomic mass is 10.1. The average molecular weight is 296 g/mol. The molecule has 0 spiro atoms. The summed E-state index contributed by atoms with van der Waals surface area (Å²) in [6.07, 6.45) is 0. The van der Waals surface area contributed by atoms with Crippen LogP contribution in [-0.4, -0.2) is 27.7 Å². The van der Waals surface area contributed by atoms with Gasteiger partial charge >= 0.3 is 0 Å². The number of aromatic nitrogens is 3. The van der Waals surface area contributed by atoms with E-state index < -0.39 is 0 Å². The van der Waals surface area contributed by atoms with Crippen molar-refractivity contribution < 1.29 is 9.63 Å². The summed E-state index contributed by atoms with van der Waals surface area (Å²) in [5.74, 6) is -0.239. The lowest BCUT2D eigenvalue weighted by molar-refractivity contribution is -0.121. The van der Waals surface area contributed by atoms with Crippen molar-refractivity contribution in [2.24, 2.45) is 0 Å². The van der Waals surface area contributed by atoms with Crippen LogP contribution in [0.25, 0.3) is 11.0 Å². The summed E-state index contributed by atoms with van der Waals surface area (Å²) in [6, 6.07) is 13.3. The Kier molecular flexibility index (Phi) is 3.74. The van der Waals surface area contributed by atoms with Crippen LogP contribution in [0.3, 0.4) is 0 Å². The molecule has 1 N–H and O–H groups in total. The summed E-state index contributed by atoms with van der Waals surface area (Å²) < 4.78 is 0. The molecule has 3 aromatic rings. The van der Waals surface area contributed by atoms with E-state index in [1.807, 2.05) is 56.3 Å². The summed E-state index contributed by atoms with van der Waals surface area (Å²) in [6.45, 7) is 3.77. The third-order valence-corrected chi connectivity index (χ3v) is 3.38. The summed E-state index contributed by atoms with van der Waals surface area (Å²) in [7, 11) is 0. The van der Waals surface area contributed by atoms with E-state index in [-0.39, 0.29) is 12.5 Å². The number of nitrogens with one attached hydrogen (secondary N) is 1. The van der Waals surface area contributed by atoms with Crippen LogP contribution in [-0.2, 0) is 4.79 Å². The molecule has 0 saturated carbocycles. The minimum atomic E-state index is -0.239. The molecule has 0 bridgehead atoms. The van der Waals surface area contributed by atoms with Gasteiger partial charge in [-0.25, -0.2) is 0 Å². The van der Waals surface area contributed by atoms with Crippen LogP contribution in [0.5, 0.6) is 0 Å². The van der Waals surface area contributed by atoms with Gasteiger partial charge in [0.15, 0.2) is 6.61 Å². The highest BCUT2D eigenvalue weighted by Gasteiger charge is 2.10. The molecule has 1 aromatic heterocycles. The molecule has 1 amide bonds. The Morgan fingerprint density at radius 3 is 2.64 bits per heavy atom. The van der Waals surface area contributed by atoms with Gasteiger partial charge in [0.05, 0.1) is 0 Å². The highest BCUT2D eigenvalue weighted by atomic mass is 16.7. The van der Waals surface area contributed by atoms with Gasteiger partial charge in [-0.3, -0.25) is 4.79 Å². The van der Waals surface area contributed by atoms with Crippen molar-refractivity contribution in [1.29, 1.82) is 0 Å². The average Bonchev–Trinajstić information content (AvgIpc) is 2.92. The van der Waals surface area contributed by atoms with E-state index >= 15 is 0 Å². The molecule has 0 unspecified atom stereocenters. The minimum Gasteiger partial charge on any atom is -0.385 e. The molecule has 0 aliphatic carbocycles. The summed E-state index contributed by atoms with van der Waals surface area (Å²) in [4.78, 5) is 18.7. The van der Waals surface area contributed by atoms with Gasteiger partial charge in [0.1, 0.15) is 11.0 Å². The van der Waals surface area contributed by atoms with Crippen LogP contribution in [0.15, 0.2) is 42.5 Å². The fourth-order valence-corrected chi connectivity index (χ4v) is 2.25. The molecular formula is C16H16N4O2. The molecule has 112 valence electrons. The fourth-order valence-electron chi connectivity index (χ4n) is 2.25. The zero-order valence-corrected chi connectivity index (χ0v) is 12.4. The standard InChI is InChI=1S/C16H16N4O2/c1-11-6-5-7-12(2)16(11)17-15(21)10-22-20-14-9-4-3-8-13(14)18-19-20/h3-9H,10H2,1-2H3,(H,17,21). The third-order valence-electron chi connectivity index (χ3n) is 3.38. The normalized spacial score (nSPS) is 10.6. The maximum atomic E-state index is 12.1. The van der Waals surface area contributed by atoms with Crippen molar-refractivity contribution in [1.82, 2.24) is 15.2 Å². The van der Waals surface area contributed by atoms with E-state index in [1.165, 1.54) is 4.85 Å². The first-order valence-electron chi connectivity index (χ1n) is 6.95. The molecular weight excluding hydrogens is 280 g/mol. The second-order valence-electron chi connectivity index (χ2n) is 5.04. The van der Waals surface area contributed by atoms with E-state index in [0.717, 1.165) is 27.8 Å². The van der Waals surface area contributed by atoms with Gasteiger partial charge in [-0.1, -0.05) is 35.2 Å². The first-order valence-corrected chi connectivity index (χ1v) is 6.95. The Morgan fingerprint density at radius 2 is 1.86 bits per heavy atom. The molecule has 6 nitrogen and oxygen atoms in total. The zero-order chi connectivity index (χ0) is 15.5. The SMILES string of the molecule is Cc1cccc(C)c1NC(=O)COn1nnc2ccccc21. The number of para-hydroxylation sites is 2. The Bertz CT molecular complexity index is 806. The first-order chi connectivity index (χ1) is 10.6. The fraction of sp³-hybridized carbons (Fsp3) is 0.188. The molecule has 0 atom stereocenters. The number of nitrogens with zero attached hydrogens (tertiary/aromatic N) is 3. The highest BCUT2D eigenvalue weighted by molar-refractivity contribution is 5.93. The number of carbonyl (C=O) groups is 1. The van der Waals surface area contributed by atoms with Crippen molar-refractivity contribution in [2.45, 2.75) is 13.8 Å². The molecule has 1 heterocycles. The van der Waals surface area contributed by atoms with E-state index in [2.05, 4.69) is 15.6 Å². The molecule has 22 heavy (non-hydrogen) atoms. The number of amides is 1. The van der Waals surface area contributed by atoms with E-state index in [4.69, 9.17) is 4.84 Å². The monoisotopic (exact) mass is 296 g/mol. The maximum absolute atomic E-state index is 12.1. The highest BCUT2D eigenvalue weighted by Crippen LogP contribution is 2.19. The van der Waals surface area contributed by atoms with E-state index in [9.17, 15) is 4.79 Å². The van der Waals surface area contributed by atoms with Crippen LogP contribution in [0.2, 0.25) is 0 Å². The molecule has 2 aromatic carbocycles. The lowest BCUT2D eigenvalue weighted by Gasteiger charge is -2.11. The molecule has 0 radical (unpaired) electrons. The quantitative estimate of drug-likeness (QED) is 0.800. The number of aryl methyl sites for hydroxylation is 2. The van der Waals surface area contributed by atoms with Crippen molar-refractivity contribution in [3.8, 4) is 0 Å². The van der Waals surface area contributed by atoms with E-state index in [0.29, 0.717) is 0 Å². The van der Waals surface area contributed by atoms with Crippen LogP contribution >= 0.6 is 0 Å². The molecule has 3 rings (SSSR count). The largest absolute Gasteiger partial charge is 0.385 e. The minimum absolute atomic E-state index is 0.138. The summed E-state index contributed by atoms with van der Waals surface area (Å²) in [5.41, 5.74) is 4.29. The molecule has 0 fully saturated rings. The third kappa shape index (κ3) is 2.76. The number of hydrogen-bond donors (Lipinski definition) is 1. The van der Waals surface area contributed by atoms with E-state index in [1.54, 1.807) is 0 Å². The first kappa shape index (κ1) is 14.1. The van der Waals surface area contributed by atoms with Crippen molar-refractivity contribution >= 4 is 22.6 Å². The number of carbonyl (C=O) groups excluding carboxylic acids is 1. The van der Waals surface area contributed by atoms with Gasteiger partial charge < -0.3 is 10.2 Å². The van der Waals surface area contributed by atoms with Crippen LogP contribution in [0.1, 0.15) is 11.1 Å². The van der Waals surface area contributed by atoms with Gasteiger partial charge in [-0.15, -0.1) is 5.10 Å². The number of rotatable bonds is 4.